The largest absolute Gasteiger partial charge is 0.418 e. The lowest BCUT2D eigenvalue weighted by Crippen LogP contribution is -1.98. The fraction of sp³-hybridized carbons (Fsp3) is 0. The van der Waals surface area contributed by atoms with Gasteiger partial charge in [-0.15, -0.1) is 0 Å². The maximum absolute atomic E-state index is 10.8. The van der Waals surface area contributed by atoms with Crippen molar-refractivity contribution in [3.8, 4) is 11.5 Å². The van der Waals surface area contributed by atoms with Crippen molar-refractivity contribution in [3.05, 3.63) is 23.8 Å². The van der Waals surface area contributed by atoms with Crippen molar-refractivity contribution in [2.24, 2.45) is 0 Å². The number of fused-ring (bicyclic) bond motifs is 1. The van der Waals surface area contributed by atoms with E-state index in [1.54, 1.807) is 12.1 Å². The molecule has 13 heavy (non-hydrogen) atoms. The predicted molar refractivity (Wildman–Crippen MR) is 46.0 cm³/mol. The summed E-state index contributed by atoms with van der Waals surface area (Å²) in [5, 5.41) is -0.667. The Morgan fingerprint density at radius 3 is 2.85 bits per heavy atom. The van der Waals surface area contributed by atoms with Gasteiger partial charge < -0.3 is 8.37 Å². The summed E-state index contributed by atoms with van der Waals surface area (Å²) in [6, 6.07) is 4.59. The number of benzene rings is 1. The molecule has 0 aromatic heterocycles. The second kappa shape index (κ2) is 3.01. The molecule has 1 aromatic rings. The number of carbonyl (C=O) groups is 1. The third kappa shape index (κ3) is 1.40. The number of para-hydroxylation sites is 1. The smallest absolute Gasteiger partial charge is 0.367 e. The number of halogens is 1. The topological polar surface area (TPSA) is 52.6 Å². The number of carbonyl (C=O) groups excluding carboxylic acids is 1. The van der Waals surface area contributed by atoms with Crippen molar-refractivity contribution in [3.63, 3.8) is 0 Å². The van der Waals surface area contributed by atoms with E-state index in [1.165, 1.54) is 6.07 Å². The highest BCUT2D eigenvalue weighted by Crippen LogP contribution is 2.37. The fourth-order valence-corrected chi connectivity index (χ4v) is 1.75. The highest BCUT2D eigenvalue weighted by atomic mass is 35.5. The zero-order valence-electron chi connectivity index (χ0n) is 6.15. The molecule has 1 aliphatic rings. The van der Waals surface area contributed by atoms with Crippen molar-refractivity contribution >= 4 is 28.2 Å². The first-order valence-corrected chi connectivity index (χ1v) is 4.67. The van der Waals surface area contributed by atoms with Crippen LogP contribution >= 0.6 is 11.6 Å². The van der Waals surface area contributed by atoms with Gasteiger partial charge >= 0.3 is 11.4 Å². The van der Waals surface area contributed by atoms with Gasteiger partial charge in [0.1, 0.15) is 0 Å². The van der Waals surface area contributed by atoms with Crippen LogP contribution in [0, 0.1) is 0 Å². The van der Waals surface area contributed by atoms with E-state index in [0.29, 0.717) is 0 Å². The average molecular weight is 219 g/mol. The van der Waals surface area contributed by atoms with Gasteiger partial charge in [-0.3, -0.25) is 4.79 Å². The number of hydrogen-bond donors (Lipinski definition) is 0. The van der Waals surface area contributed by atoms with Gasteiger partial charge in [-0.1, -0.05) is 6.07 Å². The summed E-state index contributed by atoms with van der Waals surface area (Å²) in [5.74, 6) is 0.408. The molecule has 6 heteroatoms. The minimum Gasteiger partial charge on any atom is -0.367 e. The second-order valence-corrected chi connectivity index (χ2v) is 3.36. The third-order valence-electron chi connectivity index (χ3n) is 1.50. The van der Waals surface area contributed by atoms with Gasteiger partial charge in [0.05, 0.1) is 5.56 Å². The molecule has 0 saturated heterocycles. The van der Waals surface area contributed by atoms with Gasteiger partial charge in [-0.25, -0.2) is 0 Å². The highest BCUT2D eigenvalue weighted by molar-refractivity contribution is 7.76. The Kier molecular flexibility index (Phi) is 1.97. The molecule has 1 aromatic carbocycles. The van der Waals surface area contributed by atoms with Crippen LogP contribution in [0.1, 0.15) is 10.4 Å². The lowest BCUT2D eigenvalue weighted by atomic mass is 10.2. The lowest BCUT2D eigenvalue weighted by molar-refractivity contribution is 0.108. The van der Waals surface area contributed by atoms with Crippen LogP contribution in [0.4, 0.5) is 0 Å². The summed E-state index contributed by atoms with van der Waals surface area (Å²) in [4.78, 5) is 10.8. The molecule has 0 radical (unpaired) electrons. The molecule has 0 spiro atoms. The molecule has 1 atom stereocenters. The molecule has 2 rings (SSSR count). The van der Waals surface area contributed by atoms with Crippen LogP contribution in [0.3, 0.4) is 0 Å². The van der Waals surface area contributed by atoms with Crippen molar-refractivity contribution < 1.29 is 17.4 Å². The van der Waals surface area contributed by atoms with Crippen LogP contribution < -0.4 is 8.37 Å². The van der Waals surface area contributed by atoms with Gasteiger partial charge in [-0.05, 0) is 23.7 Å². The van der Waals surface area contributed by atoms with E-state index >= 15 is 0 Å². The molecule has 0 bridgehead atoms. The quantitative estimate of drug-likeness (QED) is 0.669. The first-order valence-electron chi connectivity index (χ1n) is 3.30. The number of hydrogen-bond acceptors (Lipinski definition) is 4. The maximum Gasteiger partial charge on any atom is 0.418 e. The Labute approximate surface area is 81.3 Å². The minimum absolute atomic E-state index is 0.140. The summed E-state index contributed by atoms with van der Waals surface area (Å²) < 4.78 is 20.3. The molecule has 68 valence electrons. The van der Waals surface area contributed by atoms with Gasteiger partial charge in [0, 0.05) is 0 Å². The predicted octanol–water partition coefficient (Wildman–Crippen LogP) is 1.42. The maximum atomic E-state index is 10.8. The van der Waals surface area contributed by atoms with Crippen LogP contribution in [0.2, 0.25) is 0 Å². The molecule has 0 N–H and O–H groups in total. The molecule has 1 unspecified atom stereocenters. The Morgan fingerprint density at radius 1 is 1.38 bits per heavy atom. The van der Waals surface area contributed by atoms with Crippen molar-refractivity contribution in [1.29, 1.82) is 0 Å². The van der Waals surface area contributed by atoms with E-state index in [0.717, 1.165) is 0 Å². The molecule has 0 aliphatic carbocycles. The van der Waals surface area contributed by atoms with E-state index in [1.807, 2.05) is 0 Å². The average Bonchev–Trinajstić information content (AvgIpc) is 2.43. The Bertz CT molecular complexity index is 403. The Hall–Kier alpha value is -1.07. The zero-order valence-corrected chi connectivity index (χ0v) is 7.72. The van der Waals surface area contributed by atoms with Gasteiger partial charge in [0.15, 0.2) is 11.5 Å². The van der Waals surface area contributed by atoms with Crippen molar-refractivity contribution in [1.82, 2.24) is 0 Å². The zero-order chi connectivity index (χ0) is 9.42. The van der Waals surface area contributed by atoms with Crippen LogP contribution in [0.25, 0.3) is 0 Å². The molecule has 0 saturated carbocycles. The molecule has 1 heterocycles. The standard InChI is InChI=1S/C7H3ClO4S/c8-7(9)4-2-1-3-5-6(4)12-13(10)11-5/h1-3H. The van der Waals surface area contributed by atoms with Crippen molar-refractivity contribution in [2.45, 2.75) is 0 Å². The summed E-state index contributed by atoms with van der Waals surface area (Å²) in [5.41, 5.74) is 0.157. The number of rotatable bonds is 1. The first-order chi connectivity index (χ1) is 6.18. The molecule has 4 nitrogen and oxygen atoms in total. The second-order valence-electron chi connectivity index (χ2n) is 2.28. The molecule has 0 fully saturated rings. The molecular weight excluding hydrogens is 216 g/mol. The molecule has 1 aliphatic heterocycles. The van der Waals surface area contributed by atoms with Crippen LogP contribution in [-0.2, 0) is 11.4 Å². The summed E-state index contributed by atoms with van der Waals surface area (Å²) in [6.45, 7) is 0. The van der Waals surface area contributed by atoms with Gasteiger partial charge in [0.2, 0.25) is 0 Å². The summed E-state index contributed by atoms with van der Waals surface area (Å²) in [7, 11) is 0. The SMILES string of the molecule is O=C(Cl)c1cccc2c1OS(=O)O2. The van der Waals surface area contributed by atoms with Crippen LogP contribution in [0.15, 0.2) is 18.2 Å². The monoisotopic (exact) mass is 218 g/mol. The van der Waals surface area contributed by atoms with E-state index in [9.17, 15) is 9.00 Å². The Morgan fingerprint density at radius 2 is 2.15 bits per heavy atom. The lowest BCUT2D eigenvalue weighted by Gasteiger charge is -1.96. The van der Waals surface area contributed by atoms with Gasteiger partial charge in [-0.2, -0.15) is 4.21 Å². The van der Waals surface area contributed by atoms with E-state index in [-0.39, 0.29) is 17.1 Å². The van der Waals surface area contributed by atoms with E-state index in [4.69, 9.17) is 20.0 Å². The van der Waals surface area contributed by atoms with Crippen LogP contribution in [0.5, 0.6) is 11.5 Å². The first kappa shape index (κ1) is 8.52. The third-order valence-corrected chi connectivity index (χ3v) is 2.32. The minimum atomic E-state index is -1.86. The molecular formula is C7H3ClO4S. The normalized spacial score (nSPS) is 18.7. The molecule has 0 amide bonds. The Balaban J connectivity index is 2.57. The van der Waals surface area contributed by atoms with Crippen molar-refractivity contribution in [2.75, 3.05) is 0 Å². The summed E-state index contributed by atoms with van der Waals surface area (Å²) >= 11 is 3.40. The summed E-state index contributed by atoms with van der Waals surface area (Å²) in [6.07, 6.45) is 0. The van der Waals surface area contributed by atoms with Gasteiger partial charge in [0.25, 0.3) is 5.24 Å². The van der Waals surface area contributed by atoms with E-state index < -0.39 is 16.6 Å². The fourth-order valence-electron chi connectivity index (χ4n) is 0.981. The highest BCUT2D eigenvalue weighted by Gasteiger charge is 2.26. The van der Waals surface area contributed by atoms with E-state index in [2.05, 4.69) is 0 Å². The van der Waals surface area contributed by atoms with Crippen LogP contribution in [-0.4, -0.2) is 9.45 Å².